The van der Waals surface area contributed by atoms with E-state index in [0.717, 1.165) is 31.2 Å². The summed E-state index contributed by atoms with van der Waals surface area (Å²) in [6.45, 7) is 4.68. The fourth-order valence-electron chi connectivity index (χ4n) is 1.97. The van der Waals surface area contributed by atoms with Crippen LogP contribution in [0, 0.1) is 0 Å². The molecule has 0 saturated carbocycles. The Kier molecular flexibility index (Phi) is 8.52. The fraction of sp³-hybridized carbons (Fsp3) is 0.588. The Balaban J connectivity index is 2.45. The quantitative estimate of drug-likeness (QED) is 0.357. The molecule has 0 aliphatic heterocycles. The number of benzene rings is 1. The number of rotatable bonds is 9. The highest BCUT2D eigenvalue weighted by Crippen LogP contribution is 2.21. The molecular formula is C17H26O3. The molecule has 0 atom stereocenters. The van der Waals surface area contributed by atoms with Crippen molar-refractivity contribution in [3.8, 4) is 5.75 Å². The summed E-state index contributed by atoms with van der Waals surface area (Å²) in [5, 5.41) is 0. The summed E-state index contributed by atoms with van der Waals surface area (Å²) in [5.74, 6) is 0.630. The molecule has 1 aromatic rings. The van der Waals surface area contributed by atoms with Gasteiger partial charge in [0.1, 0.15) is 5.75 Å². The molecule has 0 heterocycles. The van der Waals surface area contributed by atoms with Crippen LogP contribution in [0.2, 0.25) is 0 Å². The molecule has 20 heavy (non-hydrogen) atoms. The molecular weight excluding hydrogens is 252 g/mol. The summed E-state index contributed by atoms with van der Waals surface area (Å²) in [5.41, 5.74) is 1.08. The average molecular weight is 278 g/mol. The summed E-state index contributed by atoms with van der Waals surface area (Å²) < 4.78 is 10.3. The van der Waals surface area contributed by atoms with E-state index in [1.165, 1.54) is 19.3 Å². The van der Waals surface area contributed by atoms with Gasteiger partial charge in [-0.25, -0.2) is 4.79 Å². The van der Waals surface area contributed by atoms with Crippen molar-refractivity contribution in [3.05, 3.63) is 29.8 Å². The summed E-state index contributed by atoms with van der Waals surface area (Å²) in [6.07, 6.45) is 7.03. The van der Waals surface area contributed by atoms with E-state index in [0.29, 0.717) is 12.4 Å². The third-order valence-corrected chi connectivity index (χ3v) is 3.18. The minimum atomic E-state index is -0.598. The maximum Gasteiger partial charge on any atom is 0.513 e. The van der Waals surface area contributed by atoms with Crippen LogP contribution in [0.25, 0.3) is 0 Å². The van der Waals surface area contributed by atoms with E-state index in [-0.39, 0.29) is 0 Å². The molecule has 1 aromatic carbocycles. The van der Waals surface area contributed by atoms with Crippen LogP contribution < -0.4 is 4.74 Å². The fourth-order valence-corrected chi connectivity index (χ4v) is 1.97. The van der Waals surface area contributed by atoms with Crippen molar-refractivity contribution in [1.29, 1.82) is 0 Å². The molecule has 0 aliphatic carbocycles. The van der Waals surface area contributed by atoms with Crippen molar-refractivity contribution < 1.29 is 14.3 Å². The minimum Gasteiger partial charge on any atom is -0.434 e. The second-order valence-electron chi connectivity index (χ2n) is 4.97. The van der Waals surface area contributed by atoms with Gasteiger partial charge in [0.05, 0.1) is 6.61 Å². The molecule has 0 aliphatic rings. The predicted octanol–water partition coefficient (Wildman–Crippen LogP) is 5.12. The molecule has 0 spiro atoms. The first kappa shape index (κ1) is 16.5. The number of hydrogen-bond donors (Lipinski definition) is 0. The van der Waals surface area contributed by atoms with Gasteiger partial charge in [0.15, 0.2) is 0 Å². The van der Waals surface area contributed by atoms with Gasteiger partial charge in [0, 0.05) is 0 Å². The topological polar surface area (TPSA) is 35.5 Å². The monoisotopic (exact) mass is 278 g/mol. The van der Waals surface area contributed by atoms with Crippen molar-refractivity contribution in [3.63, 3.8) is 0 Å². The zero-order valence-corrected chi connectivity index (χ0v) is 12.7. The van der Waals surface area contributed by atoms with E-state index in [1.807, 2.05) is 24.3 Å². The van der Waals surface area contributed by atoms with E-state index in [2.05, 4.69) is 13.8 Å². The first-order valence-corrected chi connectivity index (χ1v) is 7.70. The van der Waals surface area contributed by atoms with E-state index >= 15 is 0 Å². The Morgan fingerprint density at radius 3 is 2.50 bits per heavy atom. The third kappa shape index (κ3) is 6.60. The lowest BCUT2D eigenvalue weighted by Gasteiger charge is -2.10. The molecule has 1 rings (SSSR count). The van der Waals surface area contributed by atoms with Crippen LogP contribution in [0.4, 0.5) is 4.79 Å². The average Bonchev–Trinajstić information content (AvgIpc) is 2.45. The van der Waals surface area contributed by atoms with Gasteiger partial charge >= 0.3 is 6.16 Å². The zero-order chi connectivity index (χ0) is 14.6. The van der Waals surface area contributed by atoms with E-state index < -0.39 is 6.16 Å². The van der Waals surface area contributed by atoms with Crippen LogP contribution in [-0.4, -0.2) is 12.8 Å². The van der Waals surface area contributed by atoms with E-state index in [1.54, 1.807) is 0 Å². The highest BCUT2D eigenvalue weighted by Gasteiger charge is 2.09. The van der Waals surface area contributed by atoms with Crippen molar-refractivity contribution in [1.82, 2.24) is 0 Å². The maximum atomic E-state index is 11.6. The standard InChI is InChI=1S/C17H26O3/c1-3-5-7-8-11-15-12-9-10-13-16(15)20-17(18)19-14-6-4-2/h9-10,12-13H,3-8,11,14H2,1-2H3. The Morgan fingerprint density at radius 2 is 1.75 bits per heavy atom. The summed E-state index contributed by atoms with van der Waals surface area (Å²) >= 11 is 0. The molecule has 0 saturated heterocycles. The summed E-state index contributed by atoms with van der Waals surface area (Å²) in [6, 6.07) is 7.70. The summed E-state index contributed by atoms with van der Waals surface area (Å²) in [7, 11) is 0. The largest absolute Gasteiger partial charge is 0.513 e. The van der Waals surface area contributed by atoms with Crippen LogP contribution >= 0.6 is 0 Å². The van der Waals surface area contributed by atoms with Gasteiger partial charge in [-0.1, -0.05) is 57.7 Å². The first-order valence-electron chi connectivity index (χ1n) is 7.70. The molecule has 0 bridgehead atoms. The summed E-state index contributed by atoms with van der Waals surface area (Å²) in [4.78, 5) is 11.6. The first-order chi connectivity index (χ1) is 9.77. The molecule has 0 amide bonds. The highest BCUT2D eigenvalue weighted by molar-refractivity contribution is 5.64. The highest BCUT2D eigenvalue weighted by atomic mass is 16.7. The molecule has 0 unspecified atom stereocenters. The number of ether oxygens (including phenoxy) is 2. The number of unbranched alkanes of at least 4 members (excludes halogenated alkanes) is 4. The van der Waals surface area contributed by atoms with Crippen LogP contribution in [-0.2, 0) is 11.2 Å². The smallest absolute Gasteiger partial charge is 0.434 e. The lowest BCUT2D eigenvalue weighted by Crippen LogP contribution is -2.12. The Hall–Kier alpha value is -1.51. The number of hydrogen-bond acceptors (Lipinski definition) is 3. The van der Waals surface area contributed by atoms with Gasteiger partial charge in [-0.2, -0.15) is 0 Å². The van der Waals surface area contributed by atoms with Gasteiger partial charge in [-0.15, -0.1) is 0 Å². The molecule has 3 heteroatoms. The second-order valence-corrected chi connectivity index (χ2v) is 4.97. The van der Waals surface area contributed by atoms with Crippen molar-refractivity contribution in [2.45, 2.75) is 58.8 Å². The number of para-hydroxylation sites is 1. The van der Waals surface area contributed by atoms with Crippen LogP contribution in [0.15, 0.2) is 24.3 Å². The van der Waals surface area contributed by atoms with Crippen LogP contribution in [0.3, 0.4) is 0 Å². The molecule has 0 radical (unpaired) electrons. The van der Waals surface area contributed by atoms with Gasteiger partial charge in [0.2, 0.25) is 0 Å². The Morgan fingerprint density at radius 1 is 1.00 bits per heavy atom. The van der Waals surface area contributed by atoms with Gasteiger partial charge < -0.3 is 9.47 Å². The van der Waals surface area contributed by atoms with Crippen LogP contribution in [0.1, 0.15) is 57.9 Å². The molecule has 0 N–H and O–H groups in total. The van der Waals surface area contributed by atoms with Crippen molar-refractivity contribution in [2.24, 2.45) is 0 Å². The number of carbonyl (C=O) groups excluding carboxylic acids is 1. The number of aryl methyl sites for hydroxylation is 1. The predicted molar refractivity (Wildman–Crippen MR) is 81.2 cm³/mol. The van der Waals surface area contributed by atoms with Gasteiger partial charge in [-0.3, -0.25) is 0 Å². The Labute approximate surface area is 122 Å². The van der Waals surface area contributed by atoms with Gasteiger partial charge in [-0.05, 0) is 30.9 Å². The van der Waals surface area contributed by atoms with E-state index in [9.17, 15) is 4.79 Å². The second kappa shape index (κ2) is 10.3. The molecule has 0 fully saturated rings. The number of carbonyl (C=O) groups is 1. The van der Waals surface area contributed by atoms with Crippen LogP contribution in [0.5, 0.6) is 5.75 Å². The maximum absolute atomic E-state index is 11.6. The normalized spacial score (nSPS) is 10.3. The van der Waals surface area contributed by atoms with Crippen molar-refractivity contribution >= 4 is 6.16 Å². The lowest BCUT2D eigenvalue weighted by molar-refractivity contribution is 0.0975. The minimum absolute atomic E-state index is 0.425. The van der Waals surface area contributed by atoms with Gasteiger partial charge in [0.25, 0.3) is 0 Å². The zero-order valence-electron chi connectivity index (χ0n) is 12.7. The lowest BCUT2D eigenvalue weighted by atomic mass is 10.1. The molecule has 112 valence electrons. The third-order valence-electron chi connectivity index (χ3n) is 3.18. The SMILES string of the molecule is CCCCCCc1ccccc1OC(=O)OCCCC. The molecule has 3 nitrogen and oxygen atoms in total. The molecule has 0 aromatic heterocycles. The van der Waals surface area contributed by atoms with E-state index in [4.69, 9.17) is 9.47 Å². The Bertz CT molecular complexity index is 388. The van der Waals surface area contributed by atoms with Crippen molar-refractivity contribution in [2.75, 3.05) is 6.61 Å².